The zero-order valence-corrected chi connectivity index (χ0v) is 5.79. The van der Waals surface area contributed by atoms with Crippen LogP contribution in [0.5, 0.6) is 0 Å². The van der Waals surface area contributed by atoms with Gasteiger partial charge in [0, 0.05) is 19.0 Å². The van der Waals surface area contributed by atoms with Crippen LogP contribution < -0.4 is 5.32 Å². The highest BCUT2D eigenvalue weighted by Crippen LogP contribution is 2.34. The second-order valence-electron chi connectivity index (χ2n) is 2.72. The third-order valence-electron chi connectivity index (χ3n) is 1.96. The van der Waals surface area contributed by atoms with Crippen LogP contribution in [0.1, 0.15) is 0 Å². The molecule has 0 aromatic rings. The summed E-state index contributed by atoms with van der Waals surface area (Å²) >= 11 is 0. The minimum atomic E-state index is -4.25. The third kappa shape index (κ3) is 1.83. The Labute approximate surface area is 61.8 Å². The molecular formula is C6H9F4N. The first-order valence-electron chi connectivity index (χ1n) is 3.39. The van der Waals surface area contributed by atoms with E-state index >= 15 is 0 Å². The zero-order chi connectivity index (χ0) is 8.48. The molecule has 1 N–H and O–H groups in total. The molecule has 0 aliphatic carbocycles. The Kier molecular flexibility index (Phi) is 2.37. The fourth-order valence-electron chi connectivity index (χ4n) is 1.28. The van der Waals surface area contributed by atoms with E-state index in [2.05, 4.69) is 5.32 Å². The Hall–Kier alpha value is -0.320. The molecule has 1 saturated heterocycles. The van der Waals surface area contributed by atoms with Gasteiger partial charge in [-0.15, -0.1) is 0 Å². The van der Waals surface area contributed by atoms with Gasteiger partial charge in [-0.3, -0.25) is 4.39 Å². The van der Waals surface area contributed by atoms with Gasteiger partial charge in [-0.1, -0.05) is 0 Å². The van der Waals surface area contributed by atoms with Crippen molar-refractivity contribution < 1.29 is 17.6 Å². The number of nitrogens with one attached hydrogen (secondary N) is 1. The summed E-state index contributed by atoms with van der Waals surface area (Å²) in [7, 11) is 0. The number of hydrogen-bond acceptors (Lipinski definition) is 1. The average Bonchev–Trinajstić information content (AvgIpc) is 2.31. The molecule has 0 radical (unpaired) electrons. The topological polar surface area (TPSA) is 12.0 Å². The van der Waals surface area contributed by atoms with Crippen molar-refractivity contribution in [2.45, 2.75) is 6.18 Å². The largest absolute Gasteiger partial charge is 0.393 e. The van der Waals surface area contributed by atoms with Gasteiger partial charge in [0.2, 0.25) is 0 Å². The van der Waals surface area contributed by atoms with E-state index in [0.29, 0.717) is 0 Å². The monoisotopic (exact) mass is 171 g/mol. The van der Waals surface area contributed by atoms with Gasteiger partial charge in [0.1, 0.15) is 0 Å². The molecule has 2 atom stereocenters. The van der Waals surface area contributed by atoms with Crippen molar-refractivity contribution in [3.05, 3.63) is 0 Å². The number of halogens is 4. The van der Waals surface area contributed by atoms with E-state index in [1.807, 2.05) is 0 Å². The molecule has 0 bridgehead atoms. The van der Waals surface area contributed by atoms with E-state index in [-0.39, 0.29) is 13.1 Å². The summed E-state index contributed by atoms with van der Waals surface area (Å²) in [5.74, 6) is -2.37. The van der Waals surface area contributed by atoms with Crippen molar-refractivity contribution >= 4 is 0 Å². The Morgan fingerprint density at radius 1 is 1.27 bits per heavy atom. The molecule has 2 unspecified atom stereocenters. The molecule has 1 nitrogen and oxygen atoms in total. The van der Waals surface area contributed by atoms with E-state index in [4.69, 9.17) is 0 Å². The molecule has 1 fully saturated rings. The van der Waals surface area contributed by atoms with E-state index in [1.54, 1.807) is 0 Å². The van der Waals surface area contributed by atoms with Gasteiger partial charge in [-0.05, 0) is 0 Å². The lowest BCUT2D eigenvalue weighted by Gasteiger charge is -2.18. The van der Waals surface area contributed by atoms with E-state index < -0.39 is 24.7 Å². The molecular weight excluding hydrogens is 162 g/mol. The normalized spacial score (nSPS) is 32.7. The smallest absolute Gasteiger partial charge is 0.316 e. The van der Waals surface area contributed by atoms with Crippen LogP contribution in [-0.2, 0) is 0 Å². The molecule has 1 rings (SSSR count). The second kappa shape index (κ2) is 2.97. The summed E-state index contributed by atoms with van der Waals surface area (Å²) in [6.07, 6.45) is -4.25. The highest BCUT2D eigenvalue weighted by atomic mass is 19.4. The Morgan fingerprint density at radius 2 is 1.91 bits per heavy atom. The molecule has 66 valence electrons. The van der Waals surface area contributed by atoms with Crippen LogP contribution in [0, 0.1) is 11.8 Å². The fourth-order valence-corrected chi connectivity index (χ4v) is 1.28. The van der Waals surface area contributed by atoms with Crippen LogP contribution >= 0.6 is 0 Å². The summed E-state index contributed by atoms with van der Waals surface area (Å²) in [5.41, 5.74) is 0. The minimum Gasteiger partial charge on any atom is -0.316 e. The number of rotatable bonds is 1. The second-order valence-corrected chi connectivity index (χ2v) is 2.72. The molecule has 0 saturated carbocycles. The van der Waals surface area contributed by atoms with Crippen molar-refractivity contribution in [3.63, 3.8) is 0 Å². The molecule has 0 spiro atoms. The summed E-state index contributed by atoms with van der Waals surface area (Å²) in [5, 5.41) is 2.52. The molecule has 0 aromatic carbocycles. The molecule has 11 heavy (non-hydrogen) atoms. The zero-order valence-electron chi connectivity index (χ0n) is 5.79. The van der Waals surface area contributed by atoms with E-state index in [0.717, 1.165) is 0 Å². The van der Waals surface area contributed by atoms with Crippen LogP contribution in [-0.4, -0.2) is 25.9 Å². The number of hydrogen-bond donors (Lipinski definition) is 1. The maximum Gasteiger partial charge on any atom is 0.393 e. The van der Waals surface area contributed by atoms with Crippen LogP contribution in [0.25, 0.3) is 0 Å². The fraction of sp³-hybridized carbons (Fsp3) is 1.00. The molecule has 1 aliphatic heterocycles. The van der Waals surface area contributed by atoms with Crippen LogP contribution in [0.15, 0.2) is 0 Å². The first kappa shape index (κ1) is 8.77. The lowest BCUT2D eigenvalue weighted by Crippen LogP contribution is -2.30. The first-order chi connectivity index (χ1) is 5.05. The highest BCUT2D eigenvalue weighted by molar-refractivity contribution is 4.85. The van der Waals surface area contributed by atoms with Crippen molar-refractivity contribution in [2.24, 2.45) is 11.8 Å². The summed E-state index contributed by atoms with van der Waals surface area (Å²) in [6.45, 7) is -0.893. The van der Waals surface area contributed by atoms with Gasteiger partial charge >= 0.3 is 6.18 Å². The summed E-state index contributed by atoms with van der Waals surface area (Å²) in [6, 6.07) is 0. The predicted molar refractivity (Wildman–Crippen MR) is 31.9 cm³/mol. The van der Waals surface area contributed by atoms with Crippen molar-refractivity contribution in [2.75, 3.05) is 19.8 Å². The Morgan fingerprint density at radius 3 is 2.27 bits per heavy atom. The van der Waals surface area contributed by atoms with Gasteiger partial charge in [0.15, 0.2) is 0 Å². The molecule has 0 amide bonds. The quantitative estimate of drug-likeness (QED) is 0.587. The first-order valence-corrected chi connectivity index (χ1v) is 3.39. The number of alkyl halides is 4. The van der Waals surface area contributed by atoms with Gasteiger partial charge in [0.05, 0.1) is 12.6 Å². The summed E-state index contributed by atoms with van der Waals surface area (Å²) < 4.78 is 47.9. The molecule has 0 aromatic heterocycles. The lowest BCUT2D eigenvalue weighted by molar-refractivity contribution is -0.180. The minimum absolute atomic E-state index is 0.140. The van der Waals surface area contributed by atoms with Crippen molar-refractivity contribution in [1.82, 2.24) is 5.32 Å². The predicted octanol–water partition coefficient (Wildman–Crippen LogP) is 1.35. The lowest BCUT2D eigenvalue weighted by atomic mass is 9.97. The van der Waals surface area contributed by atoms with Gasteiger partial charge in [-0.25, -0.2) is 0 Å². The highest BCUT2D eigenvalue weighted by Gasteiger charge is 2.46. The maximum atomic E-state index is 12.0. The third-order valence-corrected chi connectivity index (χ3v) is 1.96. The molecule has 1 aliphatic rings. The maximum absolute atomic E-state index is 12.0. The standard InChI is InChI=1S/C6H9F4N/c7-1-4-2-11-3-5(4)6(8,9)10/h4-5,11H,1-3H2. The molecule has 1 heterocycles. The van der Waals surface area contributed by atoms with Crippen molar-refractivity contribution in [3.8, 4) is 0 Å². The van der Waals surface area contributed by atoms with E-state index in [9.17, 15) is 17.6 Å². The average molecular weight is 171 g/mol. The Balaban J connectivity index is 2.57. The van der Waals surface area contributed by atoms with Crippen molar-refractivity contribution in [1.29, 1.82) is 0 Å². The van der Waals surface area contributed by atoms with E-state index in [1.165, 1.54) is 0 Å². The van der Waals surface area contributed by atoms with Crippen LogP contribution in [0.3, 0.4) is 0 Å². The molecule has 5 heteroatoms. The van der Waals surface area contributed by atoms with Gasteiger partial charge in [-0.2, -0.15) is 13.2 Å². The van der Waals surface area contributed by atoms with Gasteiger partial charge < -0.3 is 5.32 Å². The summed E-state index contributed by atoms with van der Waals surface area (Å²) in [4.78, 5) is 0. The van der Waals surface area contributed by atoms with Crippen LogP contribution in [0.4, 0.5) is 17.6 Å². The SMILES string of the molecule is FCC1CNCC1C(F)(F)F. The van der Waals surface area contributed by atoms with Crippen LogP contribution in [0.2, 0.25) is 0 Å². The Bertz CT molecular complexity index is 133. The van der Waals surface area contributed by atoms with Gasteiger partial charge in [0.25, 0.3) is 0 Å².